The van der Waals surface area contributed by atoms with E-state index in [4.69, 9.17) is 4.74 Å². The molecule has 1 aliphatic carbocycles. The van der Waals surface area contributed by atoms with Crippen LogP contribution < -0.4 is 0 Å². The Bertz CT molecular complexity index is 360. The van der Waals surface area contributed by atoms with Crippen molar-refractivity contribution in [3.8, 4) is 5.75 Å². The molecule has 0 radical (unpaired) electrons. The van der Waals surface area contributed by atoms with Crippen molar-refractivity contribution in [2.75, 3.05) is 6.61 Å². The number of aromatic hydroxyl groups is 1. The predicted molar refractivity (Wildman–Crippen MR) is 64.7 cm³/mol. The second-order valence-corrected chi connectivity index (χ2v) is 4.71. The van der Waals surface area contributed by atoms with Gasteiger partial charge in [0.25, 0.3) is 0 Å². The van der Waals surface area contributed by atoms with E-state index >= 15 is 0 Å². The van der Waals surface area contributed by atoms with Gasteiger partial charge in [-0.2, -0.15) is 0 Å². The molecule has 0 heterocycles. The first kappa shape index (κ1) is 11.5. The Balaban J connectivity index is 2.16. The molecular weight excluding hydrogens is 200 g/mol. The van der Waals surface area contributed by atoms with Crippen LogP contribution in [0.5, 0.6) is 5.75 Å². The standard InChI is InChI=1S/C14H20O2/c1-3-7-16-14-9-12-11(8-10(14)2)5-4-6-13(12)15/h4-6,10,14-15H,3,7-9H2,1-2H3/t10-,14-/m1/s1. The Hall–Kier alpha value is -1.02. The molecule has 0 saturated heterocycles. The molecule has 0 aromatic heterocycles. The zero-order valence-electron chi connectivity index (χ0n) is 10.1. The summed E-state index contributed by atoms with van der Waals surface area (Å²) in [5.41, 5.74) is 2.37. The average molecular weight is 220 g/mol. The van der Waals surface area contributed by atoms with Crippen LogP contribution in [0, 0.1) is 5.92 Å². The molecule has 1 aliphatic rings. The predicted octanol–water partition coefficient (Wildman–Crippen LogP) is 2.92. The van der Waals surface area contributed by atoms with E-state index in [1.54, 1.807) is 6.07 Å². The highest BCUT2D eigenvalue weighted by atomic mass is 16.5. The van der Waals surface area contributed by atoms with E-state index in [1.165, 1.54) is 5.56 Å². The van der Waals surface area contributed by atoms with Crippen LogP contribution in [-0.4, -0.2) is 17.8 Å². The Morgan fingerprint density at radius 1 is 1.38 bits per heavy atom. The summed E-state index contributed by atoms with van der Waals surface area (Å²) < 4.78 is 5.85. The molecule has 1 aromatic carbocycles. The molecular formula is C14H20O2. The number of rotatable bonds is 3. The van der Waals surface area contributed by atoms with Crippen LogP contribution in [0.25, 0.3) is 0 Å². The van der Waals surface area contributed by atoms with Gasteiger partial charge in [0.15, 0.2) is 0 Å². The van der Waals surface area contributed by atoms with Gasteiger partial charge in [-0.05, 0) is 36.0 Å². The van der Waals surface area contributed by atoms with Crippen LogP contribution in [0.3, 0.4) is 0 Å². The lowest BCUT2D eigenvalue weighted by atomic mass is 9.82. The first-order chi connectivity index (χ1) is 7.72. The fourth-order valence-electron chi connectivity index (χ4n) is 2.42. The van der Waals surface area contributed by atoms with Crippen molar-refractivity contribution in [3.63, 3.8) is 0 Å². The van der Waals surface area contributed by atoms with E-state index < -0.39 is 0 Å². The van der Waals surface area contributed by atoms with Crippen molar-refractivity contribution >= 4 is 0 Å². The molecule has 0 amide bonds. The highest BCUT2D eigenvalue weighted by molar-refractivity contribution is 5.41. The molecule has 1 aromatic rings. The third-order valence-electron chi connectivity index (χ3n) is 3.37. The minimum absolute atomic E-state index is 0.265. The number of hydrogen-bond acceptors (Lipinski definition) is 2. The van der Waals surface area contributed by atoms with Gasteiger partial charge in [0.2, 0.25) is 0 Å². The van der Waals surface area contributed by atoms with Gasteiger partial charge in [-0.15, -0.1) is 0 Å². The summed E-state index contributed by atoms with van der Waals surface area (Å²) in [5, 5.41) is 9.83. The Morgan fingerprint density at radius 3 is 2.94 bits per heavy atom. The highest BCUT2D eigenvalue weighted by Gasteiger charge is 2.27. The van der Waals surface area contributed by atoms with E-state index in [-0.39, 0.29) is 6.10 Å². The smallest absolute Gasteiger partial charge is 0.119 e. The van der Waals surface area contributed by atoms with Crippen LogP contribution >= 0.6 is 0 Å². The lowest BCUT2D eigenvalue weighted by Crippen LogP contribution is -2.31. The van der Waals surface area contributed by atoms with Crippen LogP contribution in [-0.2, 0) is 17.6 Å². The molecule has 2 atom stereocenters. The quantitative estimate of drug-likeness (QED) is 0.848. The first-order valence-corrected chi connectivity index (χ1v) is 6.13. The summed E-state index contributed by atoms with van der Waals surface area (Å²) in [6.07, 6.45) is 3.18. The third kappa shape index (κ3) is 2.22. The topological polar surface area (TPSA) is 29.5 Å². The number of phenolic OH excluding ortho intramolecular Hbond substituents is 1. The van der Waals surface area contributed by atoms with Crippen LogP contribution in [0.1, 0.15) is 31.4 Å². The number of hydrogen-bond donors (Lipinski definition) is 1. The molecule has 0 spiro atoms. The second kappa shape index (κ2) is 4.88. The Labute approximate surface area is 97.3 Å². The maximum atomic E-state index is 9.83. The van der Waals surface area contributed by atoms with Gasteiger partial charge in [0.05, 0.1) is 6.10 Å². The van der Waals surface area contributed by atoms with Gasteiger partial charge in [-0.3, -0.25) is 0 Å². The van der Waals surface area contributed by atoms with E-state index in [2.05, 4.69) is 19.9 Å². The van der Waals surface area contributed by atoms with E-state index in [1.807, 2.05) is 6.07 Å². The van der Waals surface area contributed by atoms with Crippen molar-refractivity contribution in [2.24, 2.45) is 5.92 Å². The average Bonchev–Trinajstić information content (AvgIpc) is 2.27. The van der Waals surface area contributed by atoms with Gasteiger partial charge in [0.1, 0.15) is 5.75 Å². The summed E-state index contributed by atoms with van der Waals surface area (Å²) in [4.78, 5) is 0. The van der Waals surface area contributed by atoms with Gasteiger partial charge < -0.3 is 9.84 Å². The molecule has 16 heavy (non-hydrogen) atoms. The Kier molecular flexibility index (Phi) is 3.49. The molecule has 0 saturated carbocycles. The number of fused-ring (bicyclic) bond motifs is 1. The fraction of sp³-hybridized carbons (Fsp3) is 0.571. The summed E-state index contributed by atoms with van der Waals surface area (Å²) in [5.74, 6) is 0.968. The highest BCUT2D eigenvalue weighted by Crippen LogP contribution is 2.32. The number of ether oxygens (including phenoxy) is 1. The summed E-state index contributed by atoms with van der Waals surface area (Å²) in [6.45, 7) is 5.17. The zero-order valence-corrected chi connectivity index (χ0v) is 10.1. The SMILES string of the molecule is CCCO[C@@H]1Cc2c(O)cccc2C[C@H]1C. The number of phenols is 1. The minimum atomic E-state index is 0.265. The van der Waals surface area contributed by atoms with E-state index in [9.17, 15) is 5.11 Å². The second-order valence-electron chi connectivity index (χ2n) is 4.71. The first-order valence-electron chi connectivity index (χ1n) is 6.13. The van der Waals surface area contributed by atoms with Crippen molar-refractivity contribution < 1.29 is 9.84 Å². The fourth-order valence-corrected chi connectivity index (χ4v) is 2.42. The molecule has 2 nitrogen and oxygen atoms in total. The summed E-state index contributed by atoms with van der Waals surface area (Å²) in [6, 6.07) is 5.81. The van der Waals surface area contributed by atoms with Crippen molar-refractivity contribution in [1.82, 2.24) is 0 Å². The van der Waals surface area contributed by atoms with E-state index in [0.29, 0.717) is 11.7 Å². The largest absolute Gasteiger partial charge is 0.508 e. The molecule has 2 rings (SSSR count). The lowest BCUT2D eigenvalue weighted by molar-refractivity contribution is 0.0130. The normalized spacial score (nSPS) is 24.1. The van der Waals surface area contributed by atoms with E-state index in [0.717, 1.165) is 31.4 Å². The molecule has 88 valence electrons. The van der Waals surface area contributed by atoms with Gasteiger partial charge in [-0.1, -0.05) is 26.0 Å². The molecule has 1 N–H and O–H groups in total. The van der Waals surface area contributed by atoms with Crippen molar-refractivity contribution in [2.45, 2.75) is 39.2 Å². The minimum Gasteiger partial charge on any atom is -0.508 e. The summed E-state index contributed by atoms with van der Waals surface area (Å²) >= 11 is 0. The zero-order chi connectivity index (χ0) is 11.5. The maximum absolute atomic E-state index is 9.83. The Morgan fingerprint density at radius 2 is 2.19 bits per heavy atom. The number of benzene rings is 1. The van der Waals surface area contributed by atoms with Crippen molar-refractivity contribution in [1.29, 1.82) is 0 Å². The van der Waals surface area contributed by atoms with Crippen LogP contribution in [0.2, 0.25) is 0 Å². The summed E-state index contributed by atoms with van der Waals surface area (Å²) in [7, 11) is 0. The van der Waals surface area contributed by atoms with Gasteiger partial charge in [-0.25, -0.2) is 0 Å². The monoisotopic (exact) mass is 220 g/mol. The third-order valence-corrected chi connectivity index (χ3v) is 3.37. The lowest BCUT2D eigenvalue weighted by Gasteiger charge is -2.31. The van der Waals surface area contributed by atoms with Gasteiger partial charge in [0, 0.05) is 13.0 Å². The van der Waals surface area contributed by atoms with Gasteiger partial charge >= 0.3 is 0 Å². The molecule has 0 aliphatic heterocycles. The van der Waals surface area contributed by atoms with Crippen LogP contribution in [0.4, 0.5) is 0 Å². The molecule has 0 bridgehead atoms. The van der Waals surface area contributed by atoms with Crippen LogP contribution in [0.15, 0.2) is 18.2 Å². The maximum Gasteiger partial charge on any atom is 0.119 e. The molecule has 0 unspecified atom stereocenters. The molecule has 2 heteroatoms. The molecule has 0 fully saturated rings. The van der Waals surface area contributed by atoms with Crippen molar-refractivity contribution in [3.05, 3.63) is 29.3 Å².